The van der Waals surface area contributed by atoms with Crippen LogP contribution in [-0.4, -0.2) is 17.4 Å². The molecule has 1 N–H and O–H groups in total. The summed E-state index contributed by atoms with van der Waals surface area (Å²) in [4.78, 5) is 14.5. The van der Waals surface area contributed by atoms with E-state index < -0.39 is 0 Å². The fourth-order valence-corrected chi connectivity index (χ4v) is 1.62. The first-order valence-electron chi connectivity index (χ1n) is 5.22. The molecule has 0 saturated carbocycles. The van der Waals surface area contributed by atoms with E-state index in [2.05, 4.69) is 4.98 Å². The lowest BCUT2D eigenvalue weighted by atomic mass is 10.2. The number of hydrogen-bond donors (Lipinski definition) is 1. The second kappa shape index (κ2) is 5.06. The number of aromatic amines is 1. The number of halogens is 1. The van der Waals surface area contributed by atoms with E-state index in [1.54, 1.807) is 24.4 Å². The highest BCUT2D eigenvalue weighted by Gasteiger charge is 2.09. The van der Waals surface area contributed by atoms with Crippen LogP contribution in [0.5, 0.6) is 5.75 Å². The Kier molecular flexibility index (Phi) is 3.49. The van der Waals surface area contributed by atoms with Gasteiger partial charge < -0.3 is 9.72 Å². The van der Waals surface area contributed by atoms with E-state index >= 15 is 0 Å². The monoisotopic (exact) mass is 249 g/mol. The Labute approximate surface area is 104 Å². The smallest absolute Gasteiger partial charge is 0.216 e. The molecule has 88 valence electrons. The van der Waals surface area contributed by atoms with Crippen molar-refractivity contribution in [3.8, 4) is 5.75 Å². The zero-order chi connectivity index (χ0) is 12.3. The van der Waals surface area contributed by atoms with Crippen LogP contribution in [0.15, 0.2) is 36.5 Å². The van der Waals surface area contributed by atoms with Gasteiger partial charge in [-0.2, -0.15) is 0 Å². The van der Waals surface area contributed by atoms with Crippen molar-refractivity contribution in [3.63, 3.8) is 0 Å². The number of hydrogen-bond acceptors (Lipinski definition) is 2. The number of rotatable bonds is 4. The maximum absolute atomic E-state index is 11.7. The lowest BCUT2D eigenvalue weighted by molar-refractivity contribution is 0.0917. The molecule has 2 rings (SSSR count). The van der Waals surface area contributed by atoms with Crippen LogP contribution in [0.4, 0.5) is 0 Å². The van der Waals surface area contributed by atoms with Crippen LogP contribution in [0.25, 0.3) is 0 Å². The maximum atomic E-state index is 11.7. The third-order valence-corrected chi connectivity index (χ3v) is 2.66. The summed E-state index contributed by atoms with van der Waals surface area (Å²) in [6.45, 7) is 1.92. The summed E-state index contributed by atoms with van der Waals surface area (Å²) in [6, 6.07) is 8.94. The zero-order valence-corrected chi connectivity index (χ0v) is 10.1. The highest BCUT2D eigenvalue weighted by atomic mass is 35.5. The minimum Gasteiger partial charge on any atom is -0.484 e. The lowest BCUT2D eigenvalue weighted by Crippen LogP contribution is -2.12. The second-order valence-electron chi connectivity index (χ2n) is 3.73. The van der Waals surface area contributed by atoms with Crippen molar-refractivity contribution in [2.75, 3.05) is 6.61 Å². The summed E-state index contributed by atoms with van der Waals surface area (Å²) in [6.07, 6.45) is 1.70. The van der Waals surface area contributed by atoms with Crippen molar-refractivity contribution in [2.24, 2.45) is 0 Å². The van der Waals surface area contributed by atoms with Gasteiger partial charge in [-0.05, 0) is 36.8 Å². The van der Waals surface area contributed by atoms with Crippen molar-refractivity contribution < 1.29 is 9.53 Å². The molecular weight excluding hydrogens is 238 g/mol. The molecule has 0 bridgehead atoms. The molecule has 0 atom stereocenters. The van der Waals surface area contributed by atoms with Gasteiger partial charge in [0.2, 0.25) is 5.78 Å². The zero-order valence-electron chi connectivity index (χ0n) is 9.37. The molecule has 0 saturated heterocycles. The average Bonchev–Trinajstić information content (AvgIpc) is 2.83. The second-order valence-corrected chi connectivity index (χ2v) is 4.14. The van der Waals surface area contributed by atoms with Gasteiger partial charge in [0.15, 0.2) is 6.61 Å². The first kappa shape index (κ1) is 11.7. The number of ether oxygens (including phenoxy) is 1. The number of benzene rings is 1. The van der Waals surface area contributed by atoms with Gasteiger partial charge in [0, 0.05) is 6.20 Å². The largest absolute Gasteiger partial charge is 0.484 e. The number of carbonyl (C=O) groups is 1. The molecule has 0 aliphatic carbocycles. The van der Waals surface area contributed by atoms with Crippen LogP contribution in [0.2, 0.25) is 5.02 Å². The number of H-pyrrole nitrogens is 1. The third kappa shape index (κ3) is 2.88. The molecule has 4 heteroatoms. The maximum Gasteiger partial charge on any atom is 0.216 e. The SMILES string of the molecule is Cc1ccc(Cl)c(OCC(=O)c2ccc[nH]2)c1. The summed E-state index contributed by atoms with van der Waals surface area (Å²) < 4.78 is 5.40. The molecule has 0 unspecified atom stereocenters. The molecule has 1 aromatic carbocycles. The number of Topliss-reactive ketones (excluding diaryl/α,β-unsaturated/α-hetero) is 1. The standard InChI is InChI=1S/C13H12ClNO2/c1-9-4-5-10(14)13(7-9)17-8-12(16)11-3-2-6-15-11/h2-7,15H,8H2,1H3. The van der Waals surface area contributed by atoms with Crippen molar-refractivity contribution >= 4 is 17.4 Å². The molecule has 0 aliphatic rings. The Hall–Kier alpha value is -1.74. The quantitative estimate of drug-likeness (QED) is 0.846. The molecule has 2 aromatic rings. The van der Waals surface area contributed by atoms with Crippen LogP contribution < -0.4 is 4.74 Å². The molecular formula is C13H12ClNO2. The highest BCUT2D eigenvalue weighted by Crippen LogP contribution is 2.25. The summed E-state index contributed by atoms with van der Waals surface area (Å²) in [5.41, 5.74) is 1.57. The predicted octanol–water partition coefficient (Wildman–Crippen LogP) is 3.24. The molecule has 0 aliphatic heterocycles. The van der Waals surface area contributed by atoms with E-state index in [1.165, 1.54) is 0 Å². The molecule has 1 aromatic heterocycles. The van der Waals surface area contributed by atoms with Gasteiger partial charge in [0.25, 0.3) is 0 Å². The van der Waals surface area contributed by atoms with Gasteiger partial charge in [0.1, 0.15) is 5.75 Å². The summed E-state index contributed by atoms with van der Waals surface area (Å²) >= 11 is 5.96. The number of aryl methyl sites for hydroxylation is 1. The summed E-state index contributed by atoms with van der Waals surface area (Å²) in [7, 11) is 0. The van der Waals surface area contributed by atoms with E-state index in [1.807, 2.05) is 19.1 Å². The number of carbonyl (C=O) groups excluding carboxylic acids is 1. The van der Waals surface area contributed by atoms with Crippen LogP contribution >= 0.6 is 11.6 Å². The molecule has 0 radical (unpaired) electrons. The fraction of sp³-hybridized carbons (Fsp3) is 0.154. The van der Waals surface area contributed by atoms with Gasteiger partial charge in [-0.3, -0.25) is 4.79 Å². The van der Waals surface area contributed by atoms with Crippen molar-refractivity contribution in [2.45, 2.75) is 6.92 Å². The van der Waals surface area contributed by atoms with E-state index in [0.717, 1.165) is 5.56 Å². The Morgan fingerprint density at radius 1 is 1.41 bits per heavy atom. The van der Waals surface area contributed by atoms with Crippen LogP contribution in [0, 0.1) is 6.92 Å². The molecule has 0 spiro atoms. The fourth-order valence-electron chi connectivity index (χ4n) is 1.45. The van der Waals surface area contributed by atoms with E-state index in [9.17, 15) is 4.79 Å². The van der Waals surface area contributed by atoms with Gasteiger partial charge in [-0.1, -0.05) is 17.7 Å². The molecule has 0 amide bonds. The minimum absolute atomic E-state index is 0.0241. The normalized spacial score (nSPS) is 10.2. The molecule has 1 heterocycles. The Morgan fingerprint density at radius 3 is 2.94 bits per heavy atom. The van der Waals surface area contributed by atoms with E-state index in [4.69, 9.17) is 16.3 Å². The van der Waals surface area contributed by atoms with Crippen molar-refractivity contribution in [1.82, 2.24) is 4.98 Å². The van der Waals surface area contributed by atoms with Gasteiger partial charge in [0.05, 0.1) is 10.7 Å². The molecule has 3 nitrogen and oxygen atoms in total. The summed E-state index contributed by atoms with van der Waals surface area (Å²) in [5.74, 6) is 0.430. The molecule has 17 heavy (non-hydrogen) atoms. The predicted molar refractivity (Wildman–Crippen MR) is 66.8 cm³/mol. The highest BCUT2D eigenvalue weighted by molar-refractivity contribution is 6.32. The van der Waals surface area contributed by atoms with Crippen molar-refractivity contribution in [3.05, 3.63) is 52.8 Å². The topological polar surface area (TPSA) is 42.1 Å². The molecule has 0 fully saturated rings. The van der Waals surface area contributed by atoms with Gasteiger partial charge in [-0.15, -0.1) is 0 Å². The first-order chi connectivity index (χ1) is 8.16. The number of nitrogens with one attached hydrogen (secondary N) is 1. The number of aromatic nitrogens is 1. The van der Waals surface area contributed by atoms with E-state index in [0.29, 0.717) is 16.5 Å². The Bertz CT molecular complexity index is 520. The van der Waals surface area contributed by atoms with Gasteiger partial charge in [-0.25, -0.2) is 0 Å². The Morgan fingerprint density at radius 2 is 2.24 bits per heavy atom. The van der Waals surface area contributed by atoms with Gasteiger partial charge >= 0.3 is 0 Å². The Balaban J connectivity index is 2.03. The minimum atomic E-state index is -0.104. The van der Waals surface area contributed by atoms with Crippen LogP contribution in [0.3, 0.4) is 0 Å². The summed E-state index contributed by atoms with van der Waals surface area (Å²) in [5, 5.41) is 0.509. The first-order valence-corrected chi connectivity index (χ1v) is 5.60. The van der Waals surface area contributed by atoms with Crippen LogP contribution in [0.1, 0.15) is 16.1 Å². The van der Waals surface area contributed by atoms with Crippen LogP contribution in [-0.2, 0) is 0 Å². The van der Waals surface area contributed by atoms with E-state index in [-0.39, 0.29) is 12.4 Å². The number of ketones is 1. The third-order valence-electron chi connectivity index (χ3n) is 2.34. The average molecular weight is 250 g/mol. The lowest BCUT2D eigenvalue weighted by Gasteiger charge is -2.07. The van der Waals surface area contributed by atoms with Crippen molar-refractivity contribution in [1.29, 1.82) is 0 Å².